The maximum Gasteiger partial charge on any atom is 0.309 e. The molecule has 0 amide bonds. The van der Waals surface area contributed by atoms with Gasteiger partial charge in [-0.25, -0.2) is 0 Å². The summed E-state index contributed by atoms with van der Waals surface area (Å²) in [5.74, 6) is 1.33. The molecule has 0 fully saturated rings. The Morgan fingerprint density at radius 3 is 3.00 bits per heavy atom. The van der Waals surface area contributed by atoms with Crippen molar-refractivity contribution in [2.24, 2.45) is 0 Å². The first-order valence-corrected chi connectivity index (χ1v) is 2.75. The Morgan fingerprint density at radius 2 is 2.30 bits per heavy atom. The summed E-state index contributed by atoms with van der Waals surface area (Å²) >= 11 is 0. The van der Waals surface area contributed by atoms with Gasteiger partial charge in [0.1, 0.15) is 17.9 Å². The van der Waals surface area contributed by atoms with Crippen LogP contribution in [-0.4, -0.2) is 9.38 Å². The first-order chi connectivity index (χ1) is 4.77. The fourth-order valence-electron chi connectivity index (χ4n) is 0.819. The maximum atomic E-state index is 5.46. The van der Waals surface area contributed by atoms with Gasteiger partial charge >= 0.3 is 5.84 Å². The Labute approximate surface area is 56.2 Å². The van der Waals surface area contributed by atoms with E-state index < -0.39 is 0 Å². The largest absolute Gasteiger partial charge is 0.429 e. The van der Waals surface area contributed by atoms with E-state index in [1.54, 1.807) is 10.6 Å². The lowest BCUT2D eigenvalue weighted by molar-refractivity contribution is 0.597. The van der Waals surface area contributed by atoms with Crippen LogP contribution >= 0.6 is 0 Å². The predicted molar refractivity (Wildman–Crippen MR) is 36.3 cm³/mol. The number of oxazole rings is 1. The van der Waals surface area contributed by atoms with Crippen LogP contribution in [0.5, 0.6) is 0 Å². The third kappa shape index (κ3) is 0.485. The van der Waals surface area contributed by atoms with Gasteiger partial charge in [0, 0.05) is 0 Å². The van der Waals surface area contributed by atoms with Gasteiger partial charge in [-0.3, -0.25) is 4.40 Å². The molecule has 0 atom stereocenters. The third-order valence-corrected chi connectivity index (χ3v) is 1.26. The Morgan fingerprint density at radius 1 is 1.50 bits per heavy atom. The zero-order valence-corrected chi connectivity index (χ0v) is 5.11. The molecule has 5 nitrogen and oxygen atoms in total. The molecule has 0 aromatic carbocycles. The second kappa shape index (κ2) is 1.44. The molecule has 5 heteroatoms. The second-order valence-corrected chi connectivity index (χ2v) is 1.98. The van der Waals surface area contributed by atoms with Crippen molar-refractivity contribution >= 4 is 17.5 Å². The minimum atomic E-state index is 0.408. The van der Waals surface area contributed by atoms with Gasteiger partial charge < -0.3 is 15.9 Å². The van der Waals surface area contributed by atoms with E-state index in [0.717, 1.165) is 0 Å². The van der Waals surface area contributed by atoms with E-state index >= 15 is 0 Å². The normalized spacial score (nSPS) is 10.8. The second-order valence-electron chi connectivity index (χ2n) is 1.98. The van der Waals surface area contributed by atoms with Gasteiger partial charge in [-0.1, -0.05) is 0 Å². The van der Waals surface area contributed by atoms with Crippen LogP contribution in [0.4, 0.5) is 11.6 Å². The van der Waals surface area contributed by atoms with Gasteiger partial charge in [0.15, 0.2) is 0 Å². The number of nitrogens with zero attached hydrogens (tertiary/aromatic N) is 2. The number of nitrogens with two attached hydrogens (primary N) is 2. The van der Waals surface area contributed by atoms with Crippen molar-refractivity contribution < 1.29 is 4.42 Å². The summed E-state index contributed by atoms with van der Waals surface area (Å²) in [7, 11) is 0. The molecule has 0 saturated heterocycles. The molecule has 2 heterocycles. The lowest BCUT2D eigenvalue weighted by Crippen LogP contribution is -1.88. The van der Waals surface area contributed by atoms with E-state index in [1.165, 1.54) is 6.26 Å². The Hall–Kier alpha value is -1.65. The van der Waals surface area contributed by atoms with Crippen molar-refractivity contribution in [1.29, 1.82) is 0 Å². The molecule has 0 unspecified atom stereocenters. The molecule has 0 spiro atoms. The number of anilines is 2. The highest BCUT2D eigenvalue weighted by Crippen LogP contribution is 2.12. The molecule has 10 heavy (non-hydrogen) atoms. The summed E-state index contributed by atoms with van der Waals surface area (Å²) < 4.78 is 6.50. The molecule has 2 rings (SSSR count). The standard InChI is InChI=1S/C5H6N4O/c6-3-1-9-4(7)2-10-5(9)8-3/h1-2H,6-7H2. The van der Waals surface area contributed by atoms with E-state index in [9.17, 15) is 0 Å². The first kappa shape index (κ1) is 5.16. The molecule has 0 aliphatic heterocycles. The van der Waals surface area contributed by atoms with Crippen LogP contribution < -0.4 is 11.5 Å². The average Bonchev–Trinajstić information content (AvgIpc) is 2.35. The van der Waals surface area contributed by atoms with E-state index in [2.05, 4.69) is 4.98 Å². The van der Waals surface area contributed by atoms with Crippen LogP contribution in [0.1, 0.15) is 0 Å². The zero-order valence-electron chi connectivity index (χ0n) is 5.11. The van der Waals surface area contributed by atoms with Crippen LogP contribution in [0.25, 0.3) is 5.84 Å². The van der Waals surface area contributed by atoms with E-state index in [-0.39, 0.29) is 0 Å². The number of aromatic nitrogens is 2. The van der Waals surface area contributed by atoms with Gasteiger partial charge in [0.2, 0.25) is 0 Å². The molecule has 52 valence electrons. The van der Waals surface area contributed by atoms with Crippen LogP contribution in [0.15, 0.2) is 16.9 Å². The van der Waals surface area contributed by atoms with E-state index in [4.69, 9.17) is 15.9 Å². The minimum Gasteiger partial charge on any atom is -0.429 e. The molecule has 4 N–H and O–H groups in total. The molecule has 0 saturated carbocycles. The Kier molecular flexibility index (Phi) is 0.743. The molecule has 0 aliphatic rings. The number of fused-ring (bicyclic) bond motifs is 1. The van der Waals surface area contributed by atoms with Crippen molar-refractivity contribution in [1.82, 2.24) is 9.38 Å². The lowest BCUT2D eigenvalue weighted by Gasteiger charge is -1.80. The summed E-state index contributed by atoms with van der Waals surface area (Å²) in [6.45, 7) is 0. The molecule has 0 bridgehead atoms. The summed E-state index contributed by atoms with van der Waals surface area (Å²) in [5, 5.41) is 0. The molecule has 2 aromatic heterocycles. The zero-order chi connectivity index (χ0) is 7.14. The quantitative estimate of drug-likeness (QED) is 0.540. The number of rotatable bonds is 0. The summed E-state index contributed by atoms with van der Waals surface area (Å²) in [4.78, 5) is 3.83. The van der Waals surface area contributed by atoms with E-state index in [0.29, 0.717) is 17.5 Å². The molecule has 2 aromatic rings. The summed E-state index contributed by atoms with van der Waals surface area (Å²) in [5.41, 5.74) is 10.8. The van der Waals surface area contributed by atoms with Gasteiger partial charge in [0.25, 0.3) is 0 Å². The van der Waals surface area contributed by atoms with Crippen molar-refractivity contribution in [3.8, 4) is 0 Å². The number of imidazole rings is 1. The van der Waals surface area contributed by atoms with Crippen molar-refractivity contribution in [3.63, 3.8) is 0 Å². The van der Waals surface area contributed by atoms with Crippen molar-refractivity contribution in [3.05, 3.63) is 12.5 Å². The van der Waals surface area contributed by atoms with Crippen LogP contribution in [-0.2, 0) is 0 Å². The molecular formula is C5H6N4O. The van der Waals surface area contributed by atoms with Gasteiger partial charge in [-0.15, -0.1) is 0 Å². The van der Waals surface area contributed by atoms with Gasteiger partial charge in [0.05, 0.1) is 6.20 Å². The van der Waals surface area contributed by atoms with Crippen LogP contribution in [0.3, 0.4) is 0 Å². The highest BCUT2D eigenvalue weighted by atomic mass is 16.3. The van der Waals surface area contributed by atoms with Gasteiger partial charge in [-0.2, -0.15) is 4.98 Å². The highest BCUT2D eigenvalue weighted by Gasteiger charge is 2.03. The molecular weight excluding hydrogens is 132 g/mol. The topological polar surface area (TPSA) is 82.5 Å². The average molecular weight is 138 g/mol. The van der Waals surface area contributed by atoms with Crippen molar-refractivity contribution in [2.75, 3.05) is 11.5 Å². The highest BCUT2D eigenvalue weighted by molar-refractivity contribution is 5.45. The molecule has 0 radical (unpaired) electrons. The summed E-state index contributed by atoms with van der Waals surface area (Å²) in [6, 6.07) is 0. The molecule has 0 aliphatic carbocycles. The van der Waals surface area contributed by atoms with Crippen LogP contribution in [0.2, 0.25) is 0 Å². The minimum absolute atomic E-state index is 0.408. The fraction of sp³-hybridized carbons (Fsp3) is 0. The fourth-order valence-corrected chi connectivity index (χ4v) is 0.819. The maximum absolute atomic E-state index is 5.46. The smallest absolute Gasteiger partial charge is 0.309 e. The summed E-state index contributed by atoms with van der Waals surface area (Å²) in [6.07, 6.45) is 3.02. The Balaban J connectivity index is 2.90. The van der Waals surface area contributed by atoms with Gasteiger partial charge in [-0.05, 0) is 0 Å². The predicted octanol–water partition coefficient (Wildman–Crippen LogP) is 0.0917. The Bertz CT molecular complexity index is 360. The number of hydrogen-bond donors (Lipinski definition) is 2. The first-order valence-electron chi connectivity index (χ1n) is 2.75. The van der Waals surface area contributed by atoms with Crippen LogP contribution in [0, 0.1) is 0 Å². The third-order valence-electron chi connectivity index (χ3n) is 1.26. The van der Waals surface area contributed by atoms with E-state index in [1.807, 2.05) is 0 Å². The lowest BCUT2D eigenvalue weighted by atomic mass is 10.7. The monoisotopic (exact) mass is 138 g/mol. The SMILES string of the molecule is Nc1cn2c(N)coc2n1. The number of hydrogen-bond acceptors (Lipinski definition) is 4. The number of nitrogen functional groups attached to an aromatic ring is 2. The van der Waals surface area contributed by atoms with Crippen molar-refractivity contribution in [2.45, 2.75) is 0 Å².